The molecule has 1 saturated heterocycles. The highest BCUT2D eigenvalue weighted by Crippen LogP contribution is 2.25. The summed E-state index contributed by atoms with van der Waals surface area (Å²) in [6.45, 7) is 7.27. The third-order valence-corrected chi connectivity index (χ3v) is 5.32. The summed E-state index contributed by atoms with van der Waals surface area (Å²) in [5, 5.41) is 0. The number of benzene rings is 1. The number of anilines is 2. The molecule has 118 valence electrons. The van der Waals surface area contributed by atoms with Gasteiger partial charge in [-0.2, -0.15) is 0 Å². The molecule has 0 amide bonds. The molecule has 0 aromatic heterocycles. The first-order valence-corrected chi connectivity index (χ1v) is 8.76. The lowest BCUT2D eigenvalue weighted by Gasteiger charge is -2.36. The van der Waals surface area contributed by atoms with Crippen LogP contribution in [0.3, 0.4) is 0 Å². The fraction of sp³-hybridized carbons (Fsp3) is 0.571. The number of nitrogens with two attached hydrogens (primary N) is 1. The second-order valence-electron chi connectivity index (χ2n) is 5.26. The van der Waals surface area contributed by atoms with Crippen LogP contribution in [0.1, 0.15) is 13.3 Å². The quantitative estimate of drug-likeness (QED) is 0.783. The maximum atomic E-state index is 11.8. The number of piperazine rings is 1. The Bertz CT molecular complexity index is 581. The monoisotopic (exact) mass is 312 g/mol. The van der Waals surface area contributed by atoms with Crippen molar-refractivity contribution in [3.8, 4) is 0 Å². The molecular formula is C14H24N4O2S. The Morgan fingerprint density at radius 2 is 1.90 bits per heavy atom. The molecule has 0 spiro atoms. The smallest absolute Gasteiger partial charge is 0.242 e. The van der Waals surface area contributed by atoms with Crippen molar-refractivity contribution in [1.82, 2.24) is 9.62 Å². The van der Waals surface area contributed by atoms with Crippen LogP contribution < -0.4 is 15.4 Å². The van der Waals surface area contributed by atoms with Crippen LogP contribution in [-0.2, 0) is 10.0 Å². The van der Waals surface area contributed by atoms with Gasteiger partial charge in [0.1, 0.15) is 4.90 Å². The zero-order chi connectivity index (χ0) is 15.5. The standard InChI is InChI=1S/C14H24N4O2S/c1-3-6-17-7-9-18(10-8-17)12-4-5-14(13(15)11-12)21(19,20)16-2/h4-5,11,16H,3,6-10,15H2,1-2H3. The summed E-state index contributed by atoms with van der Waals surface area (Å²) in [5.41, 5.74) is 7.18. The van der Waals surface area contributed by atoms with Crippen molar-refractivity contribution in [3.05, 3.63) is 18.2 Å². The first-order chi connectivity index (χ1) is 9.97. The predicted molar refractivity (Wildman–Crippen MR) is 86.0 cm³/mol. The lowest BCUT2D eigenvalue weighted by Crippen LogP contribution is -2.46. The molecule has 1 aromatic carbocycles. The molecular weight excluding hydrogens is 288 g/mol. The summed E-state index contributed by atoms with van der Waals surface area (Å²) >= 11 is 0. The normalized spacial score (nSPS) is 17.1. The highest BCUT2D eigenvalue weighted by molar-refractivity contribution is 7.89. The Labute approximate surface area is 127 Å². The van der Waals surface area contributed by atoms with Crippen LogP contribution in [0, 0.1) is 0 Å². The first kappa shape index (κ1) is 16.1. The van der Waals surface area contributed by atoms with Gasteiger partial charge in [0.2, 0.25) is 10.0 Å². The minimum Gasteiger partial charge on any atom is -0.398 e. The van der Waals surface area contributed by atoms with E-state index in [1.54, 1.807) is 12.1 Å². The van der Waals surface area contributed by atoms with Crippen LogP contribution in [0.2, 0.25) is 0 Å². The summed E-state index contributed by atoms with van der Waals surface area (Å²) in [6.07, 6.45) is 1.17. The molecule has 1 aliphatic heterocycles. The van der Waals surface area contributed by atoms with Gasteiger partial charge in [-0.25, -0.2) is 13.1 Å². The Hall–Kier alpha value is -1.31. The summed E-state index contributed by atoms with van der Waals surface area (Å²) < 4.78 is 25.9. The maximum absolute atomic E-state index is 11.8. The fourth-order valence-corrected chi connectivity index (χ4v) is 3.47. The zero-order valence-electron chi connectivity index (χ0n) is 12.7. The van der Waals surface area contributed by atoms with E-state index in [-0.39, 0.29) is 10.6 Å². The minimum absolute atomic E-state index is 0.137. The first-order valence-electron chi connectivity index (χ1n) is 7.28. The van der Waals surface area contributed by atoms with Crippen LogP contribution in [0.25, 0.3) is 0 Å². The lowest BCUT2D eigenvalue weighted by molar-refractivity contribution is 0.258. The van der Waals surface area contributed by atoms with Crippen molar-refractivity contribution >= 4 is 21.4 Å². The van der Waals surface area contributed by atoms with E-state index in [1.807, 2.05) is 6.07 Å². The van der Waals surface area contributed by atoms with E-state index in [0.717, 1.165) is 38.4 Å². The molecule has 2 rings (SSSR count). The number of hydrogen-bond acceptors (Lipinski definition) is 5. The SMILES string of the molecule is CCCN1CCN(c2ccc(S(=O)(=O)NC)c(N)c2)CC1. The van der Waals surface area contributed by atoms with Crippen molar-refractivity contribution in [1.29, 1.82) is 0 Å². The fourth-order valence-electron chi connectivity index (χ4n) is 2.63. The summed E-state index contributed by atoms with van der Waals surface area (Å²) in [6, 6.07) is 5.16. The van der Waals surface area contributed by atoms with Crippen LogP contribution in [0.15, 0.2) is 23.1 Å². The van der Waals surface area contributed by atoms with Gasteiger partial charge in [-0.05, 0) is 38.2 Å². The van der Waals surface area contributed by atoms with Crippen molar-refractivity contribution in [2.75, 3.05) is 50.4 Å². The van der Waals surface area contributed by atoms with Gasteiger partial charge in [-0.15, -0.1) is 0 Å². The molecule has 1 aromatic rings. The van der Waals surface area contributed by atoms with E-state index in [0.29, 0.717) is 0 Å². The van der Waals surface area contributed by atoms with E-state index in [2.05, 4.69) is 21.4 Å². The van der Waals surface area contributed by atoms with Gasteiger partial charge in [0, 0.05) is 31.9 Å². The minimum atomic E-state index is -3.49. The van der Waals surface area contributed by atoms with Crippen molar-refractivity contribution in [2.24, 2.45) is 0 Å². The second kappa shape index (κ2) is 6.64. The molecule has 0 atom stereocenters. The number of nitrogens with zero attached hydrogens (tertiary/aromatic N) is 2. The predicted octanol–water partition coefficient (Wildman–Crippen LogP) is 0.709. The second-order valence-corrected chi connectivity index (χ2v) is 7.11. The molecule has 1 aliphatic rings. The van der Waals surface area contributed by atoms with Crippen molar-refractivity contribution < 1.29 is 8.42 Å². The molecule has 3 N–H and O–H groups in total. The molecule has 0 aliphatic carbocycles. The van der Waals surface area contributed by atoms with Crippen LogP contribution >= 0.6 is 0 Å². The zero-order valence-corrected chi connectivity index (χ0v) is 13.5. The molecule has 0 bridgehead atoms. The summed E-state index contributed by atoms with van der Waals surface area (Å²) in [4.78, 5) is 4.83. The summed E-state index contributed by atoms with van der Waals surface area (Å²) in [7, 11) is -2.11. The van der Waals surface area contributed by atoms with Gasteiger partial charge >= 0.3 is 0 Å². The lowest BCUT2D eigenvalue weighted by atomic mass is 10.2. The summed E-state index contributed by atoms with van der Waals surface area (Å²) in [5.74, 6) is 0. The number of hydrogen-bond donors (Lipinski definition) is 2. The van der Waals surface area contributed by atoms with Gasteiger partial charge < -0.3 is 10.6 Å². The molecule has 0 saturated carbocycles. The van der Waals surface area contributed by atoms with Gasteiger partial charge in [-0.3, -0.25) is 4.90 Å². The Morgan fingerprint density at radius 1 is 1.24 bits per heavy atom. The molecule has 0 unspecified atom stereocenters. The van der Waals surface area contributed by atoms with Crippen LogP contribution in [0.4, 0.5) is 11.4 Å². The highest BCUT2D eigenvalue weighted by atomic mass is 32.2. The van der Waals surface area contributed by atoms with Gasteiger partial charge in [0.25, 0.3) is 0 Å². The van der Waals surface area contributed by atoms with Gasteiger partial charge in [0.15, 0.2) is 0 Å². The van der Waals surface area contributed by atoms with E-state index in [9.17, 15) is 8.42 Å². The molecule has 0 radical (unpaired) electrons. The number of nitrogen functional groups attached to an aromatic ring is 1. The van der Waals surface area contributed by atoms with Crippen LogP contribution in [0.5, 0.6) is 0 Å². The largest absolute Gasteiger partial charge is 0.398 e. The maximum Gasteiger partial charge on any atom is 0.242 e. The third kappa shape index (κ3) is 3.66. The Morgan fingerprint density at radius 3 is 2.43 bits per heavy atom. The number of rotatable bonds is 5. The number of sulfonamides is 1. The van der Waals surface area contributed by atoms with E-state index in [4.69, 9.17) is 5.73 Å². The van der Waals surface area contributed by atoms with E-state index in [1.165, 1.54) is 13.5 Å². The average molecular weight is 312 g/mol. The highest BCUT2D eigenvalue weighted by Gasteiger charge is 2.19. The Balaban J connectivity index is 2.11. The van der Waals surface area contributed by atoms with Crippen molar-refractivity contribution in [2.45, 2.75) is 18.2 Å². The van der Waals surface area contributed by atoms with Crippen molar-refractivity contribution in [3.63, 3.8) is 0 Å². The molecule has 21 heavy (non-hydrogen) atoms. The van der Waals surface area contributed by atoms with E-state index >= 15 is 0 Å². The average Bonchev–Trinajstić information content (AvgIpc) is 2.48. The van der Waals surface area contributed by atoms with Crippen LogP contribution in [-0.4, -0.2) is 53.1 Å². The van der Waals surface area contributed by atoms with Gasteiger partial charge in [0.05, 0.1) is 5.69 Å². The molecule has 1 heterocycles. The Kier molecular flexibility index (Phi) is 5.08. The molecule has 7 heteroatoms. The topological polar surface area (TPSA) is 78.7 Å². The number of nitrogens with one attached hydrogen (secondary N) is 1. The van der Waals surface area contributed by atoms with E-state index < -0.39 is 10.0 Å². The third-order valence-electron chi connectivity index (χ3n) is 3.83. The molecule has 6 nitrogen and oxygen atoms in total. The van der Waals surface area contributed by atoms with Gasteiger partial charge in [-0.1, -0.05) is 6.92 Å². The molecule has 1 fully saturated rings.